The van der Waals surface area contributed by atoms with Gasteiger partial charge in [-0.05, 0) is 104 Å². The van der Waals surface area contributed by atoms with Gasteiger partial charge in [0.2, 0.25) is 5.91 Å². The number of anilines is 2. The average molecular weight is 960 g/mol. The number of azo groups is 2. The van der Waals surface area contributed by atoms with Gasteiger partial charge in [0.15, 0.2) is 11.4 Å². The Kier molecular flexibility index (Phi) is 27.0. The highest BCUT2D eigenvalue weighted by Gasteiger charge is 2.16. The number of nitro groups is 2. The largest absolute Gasteiger partial charge is 0.375 e. The van der Waals surface area contributed by atoms with Crippen LogP contribution < -0.4 is 15.1 Å². The zero-order valence-corrected chi connectivity index (χ0v) is 42.8. The standard InChI is InChI=1S/C56H81N9O5/c1-5-7-9-11-13-15-17-19-21-23-26-46-28-38-52(54(44-46)64(67)68)60-58-48-30-34-50(35-31-48)62(3)42-25-41-57-56(66)40-43-63(4)51-36-32-49(33-37-51)59-61-53-39-29-47(45-55(53)65(69)70)27-24-22-20-18-16-14-12-10-8-6-2/h28-39,44-45H,5-27,40-43H2,1-4H3,(H,57,66). The Hall–Kier alpha value is -6.05. The molecule has 0 aliphatic carbocycles. The molecule has 70 heavy (non-hydrogen) atoms. The van der Waals surface area contributed by atoms with Crippen molar-refractivity contribution < 1.29 is 14.6 Å². The van der Waals surface area contributed by atoms with Crippen molar-refractivity contribution in [1.82, 2.24) is 5.32 Å². The van der Waals surface area contributed by atoms with Gasteiger partial charge in [-0.15, -0.1) is 10.2 Å². The molecule has 1 amide bonds. The summed E-state index contributed by atoms with van der Waals surface area (Å²) >= 11 is 0. The third-order valence-electron chi connectivity index (χ3n) is 12.9. The van der Waals surface area contributed by atoms with Crippen LogP contribution in [-0.4, -0.2) is 49.5 Å². The molecular weight excluding hydrogens is 879 g/mol. The Labute approximate surface area is 418 Å². The van der Waals surface area contributed by atoms with Gasteiger partial charge in [-0.1, -0.05) is 142 Å². The molecule has 4 aromatic rings. The minimum Gasteiger partial charge on any atom is -0.375 e. The van der Waals surface area contributed by atoms with Crippen LogP contribution in [0.15, 0.2) is 105 Å². The van der Waals surface area contributed by atoms with Crippen molar-refractivity contribution in [2.45, 2.75) is 168 Å². The summed E-state index contributed by atoms with van der Waals surface area (Å²) in [7, 11) is 3.91. The monoisotopic (exact) mass is 960 g/mol. The number of aryl methyl sites for hydroxylation is 2. The van der Waals surface area contributed by atoms with E-state index in [1.54, 1.807) is 24.3 Å². The Morgan fingerprint density at radius 2 is 0.857 bits per heavy atom. The number of nitrogens with zero attached hydrogens (tertiary/aromatic N) is 8. The third-order valence-corrected chi connectivity index (χ3v) is 12.9. The van der Waals surface area contributed by atoms with Gasteiger partial charge in [0.1, 0.15) is 0 Å². The van der Waals surface area contributed by atoms with Crippen LogP contribution in [0.3, 0.4) is 0 Å². The summed E-state index contributed by atoms with van der Waals surface area (Å²) < 4.78 is 0. The van der Waals surface area contributed by atoms with Crippen molar-refractivity contribution in [3.8, 4) is 0 Å². The number of benzene rings is 4. The lowest BCUT2D eigenvalue weighted by Gasteiger charge is -2.20. The Morgan fingerprint density at radius 1 is 0.486 bits per heavy atom. The SMILES string of the molecule is CCCCCCCCCCCCc1ccc(N=Nc2ccc(N(C)CCCNC(=O)CCN(C)c3ccc(N=Nc4ccc(CCCCCCCCCCCC)cc4[N+](=O)[O-])cc3)cc2)c([N+](=O)[O-])c1. The summed E-state index contributed by atoms with van der Waals surface area (Å²) in [4.78, 5) is 39.8. The van der Waals surface area contributed by atoms with E-state index in [2.05, 4.69) is 44.5 Å². The number of nitrogens with one attached hydrogen (secondary N) is 1. The minimum atomic E-state index is -0.391. The van der Waals surface area contributed by atoms with E-state index in [0.29, 0.717) is 30.9 Å². The highest BCUT2D eigenvalue weighted by molar-refractivity contribution is 5.76. The van der Waals surface area contributed by atoms with Gasteiger partial charge in [0.25, 0.3) is 11.4 Å². The number of hydrogen-bond acceptors (Lipinski definition) is 11. The number of carbonyl (C=O) groups is 1. The van der Waals surface area contributed by atoms with Gasteiger partial charge >= 0.3 is 0 Å². The van der Waals surface area contributed by atoms with Crippen molar-refractivity contribution >= 4 is 51.4 Å². The fourth-order valence-electron chi connectivity index (χ4n) is 8.47. The summed E-state index contributed by atoms with van der Waals surface area (Å²) in [5, 5.41) is 43.8. The van der Waals surface area contributed by atoms with Gasteiger partial charge in [-0.25, -0.2) is 0 Å². The molecule has 4 aromatic carbocycles. The molecule has 0 spiro atoms. The lowest BCUT2D eigenvalue weighted by molar-refractivity contribution is -0.384. The second-order valence-electron chi connectivity index (χ2n) is 18.8. The van der Waals surface area contributed by atoms with E-state index in [9.17, 15) is 25.0 Å². The van der Waals surface area contributed by atoms with Gasteiger partial charge in [0, 0.05) is 63.7 Å². The minimum absolute atomic E-state index is 0.0289. The number of hydrogen-bond donors (Lipinski definition) is 1. The second-order valence-corrected chi connectivity index (χ2v) is 18.8. The first-order valence-corrected chi connectivity index (χ1v) is 26.3. The van der Waals surface area contributed by atoms with E-state index in [4.69, 9.17) is 0 Å². The summed E-state index contributed by atoms with van der Waals surface area (Å²) in [5.74, 6) is -0.0327. The van der Waals surface area contributed by atoms with E-state index < -0.39 is 4.92 Å². The second kappa shape index (κ2) is 33.5. The number of unbranched alkanes of at least 4 members (excludes halogenated alkanes) is 18. The highest BCUT2D eigenvalue weighted by Crippen LogP contribution is 2.33. The van der Waals surface area contributed by atoms with Crippen LogP contribution in [-0.2, 0) is 17.6 Å². The van der Waals surface area contributed by atoms with Crippen LogP contribution in [0.25, 0.3) is 0 Å². The third kappa shape index (κ3) is 22.1. The summed E-state index contributed by atoms with van der Waals surface area (Å²) in [6.07, 6.45) is 27.7. The summed E-state index contributed by atoms with van der Waals surface area (Å²) in [6.45, 7) is 6.26. The molecule has 0 atom stereocenters. The van der Waals surface area contributed by atoms with E-state index in [0.717, 1.165) is 74.0 Å². The molecule has 0 radical (unpaired) electrons. The first kappa shape index (κ1) is 56.5. The maximum absolute atomic E-state index is 12.7. The smallest absolute Gasteiger partial charge is 0.296 e. The molecule has 0 bridgehead atoms. The average Bonchev–Trinajstić information content (AvgIpc) is 3.37. The zero-order chi connectivity index (χ0) is 50.2. The molecule has 0 aliphatic heterocycles. The van der Waals surface area contributed by atoms with Crippen molar-refractivity contribution in [2.24, 2.45) is 20.5 Å². The summed E-state index contributed by atoms with van der Waals surface area (Å²) in [6, 6.07) is 25.4. The fourth-order valence-corrected chi connectivity index (χ4v) is 8.47. The number of nitro benzene ring substituents is 2. The molecule has 0 aromatic heterocycles. The predicted octanol–water partition coefficient (Wildman–Crippen LogP) is 16.7. The molecule has 14 heteroatoms. The van der Waals surface area contributed by atoms with Crippen molar-refractivity contribution in [3.63, 3.8) is 0 Å². The molecular formula is C56H81N9O5. The molecule has 380 valence electrons. The lowest BCUT2D eigenvalue weighted by atomic mass is 10.0. The number of amides is 1. The molecule has 14 nitrogen and oxygen atoms in total. The Morgan fingerprint density at radius 3 is 1.24 bits per heavy atom. The summed E-state index contributed by atoms with van der Waals surface area (Å²) in [5.41, 5.74) is 5.36. The maximum atomic E-state index is 12.7. The maximum Gasteiger partial charge on any atom is 0.296 e. The Balaban J connectivity index is 1.11. The van der Waals surface area contributed by atoms with E-state index >= 15 is 0 Å². The quantitative estimate of drug-likeness (QED) is 0.0203. The van der Waals surface area contributed by atoms with Gasteiger partial charge in [-0.3, -0.25) is 25.0 Å². The molecule has 0 heterocycles. The predicted molar refractivity (Wildman–Crippen MR) is 287 cm³/mol. The lowest BCUT2D eigenvalue weighted by Crippen LogP contribution is -2.31. The molecule has 4 rings (SSSR count). The van der Waals surface area contributed by atoms with Gasteiger partial charge in [0.05, 0.1) is 21.2 Å². The molecule has 1 N–H and O–H groups in total. The molecule has 0 saturated carbocycles. The van der Waals surface area contributed by atoms with Crippen LogP contribution in [0.4, 0.5) is 45.5 Å². The number of carbonyl (C=O) groups excluding carboxylic acids is 1. The van der Waals surface area contributed by atoms with E-state index in [1.807, 2.05) is 79.7 Å². The van der Waals surface area contributed by atoms with Gasteiger partial charge in [-0.2, -0.15) is 10.2 Å². The highest BCUT2D eigenvalue weighted by atomic mass is 16.6. The molecule has 0 saturated heterocycles. The van der Waals surface area contributed by atoms with Crippen molar-refractivity contribution in [3.05, 3.63) is 116 Å². The number of rotatable bonds is 37. The normalized spacial score (nSPS) is 11.4. The molecule has 0 unspecified atom stereocenters. The van der Waals surface area contributed by atoms with E-state index in [-0.39, 0.29) is 33.6 Å². The fraction of sp³-hybridized carbons (Fsp3) is 0.554. The zero-order valence-electron chi connectivity index (χ0n) is 42.8. The first-order valence-electron chi connectivity index (χ1n) is 26.3. The van der Waals surface area contributed by atoms with Crippen LogP contribution in [0.2, 0.25) is 0 Å². The van der Waals surface area contributed by atoms with Crippen molar-refractivity contribution in [2.75, 3.05) is 43.5 Å². The molecule has 0 aliphatic rings. The van der Waals surface area contributed by atoms with Crippen LogP contribution >= 0.6 is 0 Å². The van der Waals surface area contributed by atoms with Crippen LogP contribution in [0.1, 0.15) is 166 Å². The van der Waals surface area contributed by atoms with Gasteiger partial charge < -0.3 is 15.1 Å². The Bertz CT molecular complexity index is 2200. The first-order chi connectivity index (χ1) is 34.1. The van der Waals surface area contributed by atoms with Crippen molar-refractivity contribution in [1.29, 1.82) is 0 Å². The molecule has 0 fully saturated rings. The van der Waals surface area contributed by atoms with Crippen LogP contribution in [0, 0.1) is 20.2 Å². The van der Waals surface area contributed by atoms with Crippen LogP contribution in [0.5, 0.6) is 0 Å². The topological polar surface area (TPSA) is 171 Å². The van der Waals surface area contributed by atoms with E-state index in [1.165, 1.54) is 103 Å².